The van der Waals surface area contributed by atoms with Crippen LogP contribution in [0.4, 0.5) is 16.2 Å². The topological polar surface area (TPSA) is 127 Å². The molecule has 0 unspecified atom stereocenters. The highest BCUT2D eigenvalue weighted by molar-refractivity contribution is 7.90. The number of benzene rings is 3. The normalized spacial score (nSPS) is 11.3. The predicted molar refractivity (Wildman–Crippen MR) is 146 cm³/mol. The molecule has 0 aliphatic carbocycles. The number of aromatic nitrogens is 1. The fraction of sp³-hybridized carbons (Fsp3) is 0.179. The highest BCUT2D eigenvalue weighted by Crippen LogP contribution is 2.41. The van der Waals surface area contributed by atoms with E-state index in [0.717, 1.165) is 0 Å². The number of sulfone groups is 1. The molecule has 0 aliphatic heterocycles. The lowest BCUT2D eigenvalue weighted by Crippen LogP contribution is -2.27. The van der Waals surface area contributed by atoms with Crippen LogP contribution in [0.15, 0.2) is 82.2 Å². The number of hydrogen-bond donors (Lipinski definition) is 1. The molecule has 1 heterocycles. The summed E-state index contributed by atoms with van der Waals surface area (Å²) in [4.78, 5) is 25.3. The Labute approximate surface area is 230 Å². The average Bonchev–Trinajstić information content (AvgIpc) is 3.26. The zero-order valence-corrected chi connectivity index (χ0v) is 22.7. The molecule has 0 saturated carbocycles. The second-order valence-electron chi connectivity index (χ2n) is 8.60. The molecule has 0 spiro atoms. The summed E-state index contributed by atoms with van der Waals surface area (Å²) in [7, 11) is -3.68. The van der Waals surface area contributed by atoms with Gasteiger partial charge in [-0.3, -0.25) is 4.79 Å². The number of carboxylic acid groups (broad SMARTS) is 1. The van der Waals surface area contributed by atoms with Gasteiger partial charge in [0.25, 0.3) is 0 Å². The number of halogens is 1. The van der Waals surface area contributed by atoms with Crippen molar-refractivity contribution >= 4 is 44.9 Å². The number of anilines is 2. The van der Waals surface area contributed by atoms with Gasteiger partial charge in [-0.15, -0.1) is 0 Å². The summed E-state index contributed by atoms with van der Waals surface area (Å²) in [5.74, 6) is -0.973. The molecule has 39 heavy (non-hydrogen) atoms. The number of carboxylic acids is 1. The highest BCUT2D eigenvalue weighted by atomic mass is 35.5. The van der Waals surface area contributed by atoms with Crippen LogP contribution in [0.1, 0.15) is 23.7 Å². The van der Waals surface area contributed by atoms with Crippen LogP contribution in [0.3, 0.4) is 0 Å². The Bertz CT molecular complexity index is 1600. The fourth-order valence-corrected chi connectivity index (χ4v) is 5.56. The first-order chi connectivity index (χ1) is 18.6. The molecule has 0 bridgehead atoms. The zero-order chi connectivity index (χ0) is 28.2. The van der Waals surface area contributed by atoms with Crippen molar-refractivity contribution in [2.24, 2.45) is 0 Å². The Hall–Kier alpha value is -4.15. The lowest BCUT2D eigenvalue weighted by Gasteiger charge is -2.23. The summed E-state index contributed by atoms with van der Waals surface area (Å²) in [6.07, 6.45) is -0.843. The minimum atomic E-state index is -3.68. The smallest absolute Gasteiger partial charge is 0.419 e. The van der Waals surface area contributed by atoms with Crippen molar-refractivity contribution in [3.05, 3.63) is 94.6 Å². The first-order valence-electron chi connectivity index (χ1n) is 11.9. The van der Waals surface area contributed by atoms with Crippen molar-refractivity contribution in [2.75, 3.05) is 11.5 Å². The molecule has 3 aromatic carbocycles. The van der Waals surface area contributed by atoms with Gasteiger partial charge in [-0.05, 0) is 49.2 Å². The first kappa shape index (κ1) is 27.9. The number of hydrogen-bond acceptors (Lipinski definition) is 7. The number of carbonyl (C=O) groups is 2. The maximum atomic E-state index is 13.0. The van der Waals surface area contributed by atoms with E-state index in [4.69, 9.17) is 26.0 Å². The number of amides is 1. The third-order valence-corrected chi connectivity index (χ3v) is 7.83. The van der Waals surface area contributed by atoms with Crippen molar-refractivity contribution in [3.8, 4) is 11.3 Å². The Morgan fingerprint density at radius 1 is 1.00 bits per heavy atom. The van der Waals surface area contributed by atoms with Crippen molar-refractivity contribution in [1.29, 1.82) is 0 Å². The van der Waals surface area contributed by atoms with E-state index < -0.39 is 21.9 Å². The third-order valence-electron chi connectivity index (χ3n) is 5.81. The summed E-state index contributed by atoms with van der Waals surface area (Å²) in [5.41, 5.74) is 2.77. The number of ether oxygens (including phenoxy) is 1. The maximum Gasteiger partial charge on any atom is 0.419 e. The molecular formula is C28H25ClN2O7S. The Morgan fingerprint density at radius 3 is 2.26 bits per heavy atom. The minimum Gasteiger partial charge on any atom is -0.481 e. The van der Waals surface area contributed by atoms with Crippen molar-refractivity contribution in [2.45, 2.75) is 30.9 Å². The quantitative estimate of drug-likeness (QED) is 0.253. The standard InChI is InChI=1S/C28H25ClN2O7S/c1-3-37-28(34)31(24-7-5-4-6-23(24)29)26-18(2)30-38-27(26)21-12-8-20(9-13-21)17-39(35,36)22-14-10-19(11-15-22)16-25(32)33/h4-15H,3,16-17H2,1-2H3,(H,32,33). The number of para-hydroxylation sites is 1. The zero-order valence-electron chi connectivity index (χ0n) is 21.1. The number of aryl methyl sites for hydroxylation is 1. The molecule has 4 aromatic rings. The number of rotatable bonds is 9. The van der Waals surface area contributed by atoms with Crippen molar-refractivity contribution in [3.63, 3.8) is 0 Å². The van der Waals surface area contributed by atoms with Gasteiger partial charge in [-0.1, -0.05) is 65.3 Å². The molecule has 202 valence electrons. The van der Waals surface area contributed by atoms with Gasteiger partial charge in [0.1, 0.15) is 11.4 Å². The van der Waals surface area contributed by atoms with Gasteiger partial charge in [0.15, 0.2) is 15.6 Å². The predicted octanol–water partition coefficient (Wildman–Crippen LogP) is 6.20. The molecule has 4 rings (SSSR count). The lowest BCUT2D eigenvalue weighted by atomic mass is 10.1. The van der Waals surface area contributed by atoms with Gasteiger partial charge in [0.2, 0.25) is 0 Å². The minimum absolute atomic E-state index is 0.0960. The molecule has 0 saturated heterocycles. The molecule has 1 aromatic heterocycles. The first-order valence-corrected chi connectivity index (χ1v) is 13.9. The number of aliphatic carboxylic acids is 1. The molecule has 1 amide bonds. The summed E-state index contributed by atoms with van der Waals surface area (Å²) in [6, 6.07) is 19.3. The van der Waals surface area contributed by atoms with Crippen LogP contribution in [-0.2, 0) is 31.5 Å². The molecule has 1 N–H and O–H groups in total. The SMILES string of the molecule is CCOC(=O)N(c1ccccc1Cl)c1c(C)noc1-c1ccc(CS(=O)(=O)c2ccc(CC(=O)O)cc2)cc1. The molecular weight excluding hydrogens is 544 g/mol. The van der Waals surface area contributed by atoms with Crippen LogP contribution in [0.2, 0.25) is 5.02 Å². The Morgan fingerprint density at radius 2 is 1.64 bits per heavy atom. The lowest BCUT2D eigenvalue weighted by molar-refractivity contribution is -0.136. The largest absolute Gasteiger partial charge is 0.481 e. The monoisotopic (exact) mass is 568 g/mol. The van der Waals surface area contributed by atoms with Crippen molar-refractivity contribution < 1.29 is 32.4 Å². The second kappa shape index (κ2) is 11.7. The van der Waals surface area contributed by atoms with Gasteiger partial charge in [-0.2, -0.15) is 0 Å². The summed E-state index contributed by atoms with van der Waals surface area (Å²) < 4.78 is 36.8. The third kappa shape index (κ3) is 6.30. The summed E-state index contributed by atoms with van der Waals surface area (Å²) in [5, 5.41) is 13.3. The van der Waals surface area contributed by atoms with E-state index in [0.29, 0.717) is 38.8 Å². The van der Waals surface area contributed by atoms with Gasteiger partial charge in [-0.25, -0.2) is 18.1 Å². The van der Waals surface area contributed by atoms with Gasteiger partial charge in [0, 0.05) is 5.56 Å². The molecule has 0 aliphatic rings. The molecule has 11 heteroatoms. The molecule has 0 atom stereocenters. The van der Waals surface area contributed by atoms with Crippen LogP contribution in [0.25, 0.3) is 11.3 Å². The van der Waals surface area contributed by atoms with Crippen molar-refractivity contribution in [1.82, 2.24) is 5.16 Å². The summed E-state index contributed by atoms with van der Waals surface area (Å²) >= 11 is 6.41. The average molecular weight is 569 g/mol. The Balaban J connectivity index is 1.63. The van der Waals surface area contributed by atoms with Crippen LogP contribution in [0, 0.1) is 6.92 Å². The van der Waals surface area contributed by atoms with E-state index in [2.05, 4.69) is 5.16 Å². The molecule has 0 radical (unpaired) electrons. The van der Waals surface area contributed by atoms with E-state index >= 15 is 0 Å². The fourth-order valence-electron chi connectivity index (χ4n) is 3.99. The second-order valence-corrected chi connectivity index (χ2v) is 11.0. The van der Waals surface area contributed by atoms with E-state index in [1.807, 2.05) is 0 Å². The van der Waals surface area contributed by atoms with Crippen LogP contribution >= 0.6 is 11.6 Å². The van der Waals surface area contributed by atoms with E-state index in [-0.39, 0.29) is 29.4 Å². The van der Waals surface area contributed by atoms with Crippen LogP contribution in [0.5, 0.6) is 0 Å². The van der Waals surface area contributed by atoms with Crippen LogP contribution in [-0.4, -0.2) is 37.4 Å². The van der Waals surface area contributed by atoms with Gasteiger partial charge < -0.3 is 14.4 Å². The highest BCUT2D eigenvalue weighted by Gasteiger charge is 2.30. The van der Waals surface area contributed by atoms with E-state index in [9.17, 15) is 18.0 Å². The molecule has 0 fully saturated rings. The van der Waals surface area contributed by atoms with Crippen LogP contribution < -0.4 is 4.90 Å². The van der Waals surface area contributed by atoms with E-state index in [1.54, 1.807) is 62.4 Å². The number of carbonyl (C=O) groups excluding carboxylic acids is 1. The van der Waals surface area contributed by atoms with E-state index in [1.165, 1.54) is 29.2 Å². The Kier molecular flexibility index (Phi) is 8.37. The van der Waals surface area contributed by atoms with Gasteiger partial charge in [0.05, 0.1) is 34.4 Å². The van der Waals surface area contributed by atoms with Gasteiger partial charge >= 0.3 is 12.1 Å². The summed E-state index contributed by atoms with van der Waals surface area (Å²) in [6.45, 7) is 3.53. The maximum absolute atomic E-state index is 13.0. The molecule has 9 nitrogen and oxygen atoms in total. The number of nitrogens with zero attached hydrogens (tertiary/aromatic N) is 2.